The number of anilines is 2. The maximum absolute atomic E-state index is 14.6. The molecule has 2 amide bonds. The Labute approximate surface area is 257 Å². The van der Waals surface area contributed by atoms with E-state index in [0.29, 0.717) is 22.4 Å². The summed E-state index contributed by atoms with van der Waals surface area (Å²) in [7, 11) is 0. The Bertz CT molecular complexity index is 1790. The van der Waals surface area contributed by atoms with Crippen LogP contribution in [0.25, 0.3) is 0 Å². The summed E-state index contributed by atoms with van der Waals surface area (Å²) in [6.45, 7) is 3.12. The van der Waals surface area contributed by atoms with E-state index in [9.17, 15) is 31.5 Å². The second-order valence-electron chi connectivity index (χ2n) is 10.2. The highest BCUT2D eigenvalue weighted by atomic mass is 79.9. The van der Waals surface area contributed by atoms with Gasteiger partial charge in [-0.2, -0.15) is 13.2 Å². The summed E-state index contributed by atoms with van der Waals surface area (Å²) in [6.07, 6.45) is -5.35. The van der Waals surface area contributed by atoms with E-state index in [1.54, 1.807) is 38.1 Å². The molecule has 0 fully saturated rings. The van der Waals surface area contributed by atoms with Gasteiger partial charge in [-0.1, -0.05) is 45.4 Å². The number of halogens is 6. The van der Waals surface area contributed by atoms with Crippen molar-refractivity contribution in [2.24, 2.45) is 5.16 Å². The molecule has 0 bridgehead atoms. The maximum Gasteiger partial charge on any atom is 0.435 e. The van der Waals surface area contributed by atoms with Crippen LogP contribution in [0.1, 0.15) is 49.4 Å². The van der Waals surface area contributed by atoms with Gasteiger partial charge >= 0.3 is 6.18 Å². The number of nitrogens with zero attached hydrogens (tertiary/aromatic N) is 1. The molecular weight excluding hydrogens is 649 g/mol. The fourth-order valence-electron chi connectivity index (χ4n) is 4.90. The molecule has 0 aromatic heterocycles. The zero-order valence-electron chi connectivity index (χ0n) is 23.2. The third-order valence-electron chi connectivity index (χ3n) is 7.18. The van der Waals surface area contributed by atoms with E-state index in [-0.39, 0.29) is 22.5 Å². The number of rotatable bonds is 6. The molecule has 1 aliphatic heterocycles. The molecule has 1 heterocycles. The molecule has 0 radical (unpaired) electrons. The first-order valence-electron chi connectivity index (χ1n) is 13.2. The van der Waals surface area contributed by atoms with E-state index in [4.69, 9.17) is 4.84 Å². The van der Waals surface area contributed by atoms with Crippen LogP contribution in [0, 0.1) is 25.5 Å². The number of hydrogen-bond acceptors (Lipinski definition) is 4. The lowest BCUT2D eigenvalue weighted by atomic mass is 9.84. The number of hydrogen-bond donors (Lipinski definition) is 2. The molecule has 1 aliphatic rings. The van der Waals surface area contributed by atoms with Crippen molar-refractivity contribution in [3.63, 3.8) is 0 Å². The highest BCUT2D eigenvalue weighted by molar-refractivity contribution is 9.10. The fourth-order valence-corrected chi connectivity index (χ4v) is 5.16. The SMILES string of the molecule is Cc1cc(C2(C(F)(F)F)CC(c3ccc(Br)cc3)=NO2)cc(C)c1NC(=O)c1cccc(NC(=O)c2cccc(F)c2F)c1. The summed E-state index contributed by atoms with van der Waals surface area (Å²) in [4.78, 5) is 30.8. The van der Waals surface area contributed by atoms with Crippen LogP contribution in [0.5, 0.6) is 0 Å². The quantitative estimate of drug-likeness (QED) is 0.202. The van der Waals surface area contributed by atoms with E-state index >= 15 is 0 Å². The molecule has 226 valence electrons. The molecule has 1 atom stereocenters. The Morgan fingerprint density at radius 1 is 0.886 bits per heavy atom. The zero-order valence-corrected chi connectivity index (χ0v) is 24.7. The molecule has 0 aliphatic carbocycles. The topological polar surface area (TPSA) is 79.8 Å². The number of amides is 2. The van der Waals surface area contributed by atoms with Crippen molar-refractivity contribution >= 4 is 44.8 Å². The molecule has 4 aromatic carbocycles. The van der Waals surface area contributed by atoms with Crippen LogP contribution in [0.3, 0.4) is 0 Å². The van der Waals surface area contributed by atoms with Crippen LogP contribution in [-0.4, -0.2) is 23.7 Å². The highest BCUT2D eigenvalue weighted by Gasteiger charge is 2.62. The standard InChI is InChI=1S/C32H23BrF5N3O3/c1-17-13-21(31(32(36,37)38)16-26(41-44-31)19-9-11-22(33)12-10-19)14-18(2)28(17)40-29(42)20-5-3-6-23(15-20)39-30(43)24-7-4-8-25(34)27(24)35/h3-15H,16H2,1-2H3,(H,39,43)(H,40,42). The smallest absolute Gasteiger partial charge is 0.374 e. The Hall–Kier alpha value is -4.58. The maximum atomic E-state index is 14.6. The number of oxime groups is 1. The third kappa shape index (κ3) is 5.94. The molecule has 0 saturated carbocycles. The molecule has 6 nitrogen and oxygen atoms in total. The van der Waals surface area contributed by atoms with Crippen LogP contribution in [0.4, 0.5) is 33.3 Å². The Morgan fingerprint density at radius 2 is 1.55 bits per heavy atom. The minimum Gasteiger partial charge on any atom is -0.374 e. The molecule has 4 aromatic rings. The monoisotopic (exact) mass is 671 g/mol. The average Bonchev–Trinajstić information content (AvgIpc) is 3.44. The molecule has 2 N–H and O–H groups in total. The van der Waals surface area contributed by atoms with Gasteiger partial charge in [0.05, 0.1) is 11.3 Å². The first kappa shape index (κ1) is 30.9. The molecule has 5 rings (SSSR count). The number of carbonyl (C=O) groups is 2. The van der Waals surface area contributed by atoms with Crippen LogP contribution < -0.4 is 10.6 Å². The van der Waals surface area contributed by atoms with Gasteiger partial charge in [-0.15, -0.1) is 0 Å². The van der Waals surface area contributed by atoms with Crippen molar-refractivity contribution in [2.45, 2.75) is 32.0 Å². The normalized spacial score (nSPS) is 16.2. The van der Waals surface area contributed by atoms with Crippen molar-refractivity contribution in [3.8, 4) is 0 Å². The predicted octanol–water partition coefficient (Wildman–Crippen LogP) is 8.43. The predicted molar refractivity (Wildman–Crippen MR) is 159 cm³/mol. The minimum atomic E-state index is -4.81. The number of alkyl halides is 3. The lowest BCUT2D eigenvalue weighted by Gasteiger charge is -2.30. The van der Waals surface area contributed by atoms with Gasteiger partial charge in [0.1, 0.15) is 0 Å². The fraction of sp³-hybridized carbons (Fsp3) is 0.156. The largest absolute Gasteiger partial charge is 0.435 e. The number of nitrogens with one attached hydrogen (secondary N) is 2. The van der Waals surface area contributed by atoms with Crippen molar-refractivity contribution in [1.29, 1.82) is 0 Å². The summed E-state index contributed by atoms with van der Waals surface area (Å²) in [5.74, 6) is -4.01. The van der Waals surface area contributed by atoms with Crippen LogP contribution >= 0.6 is 15.9 Å². The summed E-state index contributed by atoms with van der Waals surface area (Å²) in [5, 5.41) is 8.94. The van der Waals surface area contributed by atoms with Crippen LogP contribution in [0.15, 0.2) is 88.5 Å². The van der Waals surface area contributed by atoms with Crippen molar-refractivity contribution in [3.05, 3.63) is 128 Å². The lowest BCUT2D eigenvalue weighted by molar-refractivity contribution is -0.275. The van der Waals surface area contributed by atoms with E-state index in [0.717, 1.165) is 16.6 Å². The summed E-state index contributed by atoms with van der Waals surface area (Å²) >= 11 is 3.30. The Balaban J connectivity index is 1.37. The van der Waals surface area contributed by atoms with Gasteiger partial charge in [-0.25, -0.2) is 8.78 Å². The highest BCUT2D eigenvalue weighted by Crippen LogP contribution is 2.49. The average molecular weight is 672 g/mol. The van der Waals surface area contributed by atoms with E-state index in [1.807, 2.05) is 0 Å². The zero-order chi connectivity index (χ0) is 31.8. The second kappa shape index (κ2) is 11.8. The number of carbonyl (C=O) groups excluding carboxylic acids is 2. The first-order chi connectivity index (χ1) is 20.8. The second-order valence-corrected chi connectivity index (χ2v) is 11.1. The van der Waals surface area contributed by atoms with Gasteiger partial charge in [0.25, 0.3) is 17.4 Å². The van der Waals surface area contributed by atoms with Gasteiger partial charge in [0.15, 0.2) is 11.6 Å². The lowest BCUT2D eigenvalue weighted by Crippen LogP contribution is -2.42. The van der Waals surface area contributed by atoms with E-state index < -0.39 is 47.2 Å². The molecule has 1 unspecified atom stereocenters. The van der Waals surface area contributed by atoms with Gasteiger partial charge in [-0.05, 0) is 85.1 Å². The van der Waals surface area contributed by atoms with Crippen LogP contribution in [-0.2, 0) is 10.4 Å². The van der Waals surface area contributed by atoms with E-state index in [1.165, 1.54) is 42.5 Å². The summed E-state index contributed by atoms with van der Waals surface area (Å²) in [6, 6.07) is 18.2. The van der Waals surface area contributed by atoms with Crippen LogP contribution in [0.2, 0.25) is 0 Å². The summed E-state index contributed by atoms with van der Waals surface area (Å²) < 4.78 is 72.1. The van der Waals surface area contributed by atoms with Gasteiger partial charge in [0, 0.05) is 33.4 Å². The Kier molecular flexibility index (Phi) is 8.30. The molecule has 44 heavy (non-hydrogen) atoms. The molecular formula is C32H23BrF5N3O3. The minimum absolute atomic E-state index is 0.101. The van der Waals surface area contributed by atoms with Gasteiger partial charge in [-0.3, -0.25) is 9.59 Å². The van der Waals surface area contributed by atoms with Crippen molar-refractivity contribution < 1.29 is 36.4 Å². The number of benzene rings is 4. The van der Waals surface area contributed by atoms with Gasteiger partial charge in [0.2, 0.25) is 0 Å². The van der Waals surface area contributed by atoms with E-state index in [2.05, 4.69) is 31.7 Å². The summed E-state index contributed by atoms with van der Waals surface area (Å²) in [5.41, 5.74) is -1.52. The molecule has 0 spiro atoms. The van der Waals surface area contributed by atoms with Gasteiger partial charge < -0.3 is 15.5 Å². The molecule has 0 saturated heterocycles. The van der Waals surface area contributed by atoms with Crippen molar-refractivity contribution in [1.82, 2.24) is 0 Å². The molecule has 12 heteroatoms. The number of aryl methyl sites for hydroxylation is 2. The first-order valence-corrected chi connectivity index (χ1v) is 13.9. The third-order valence-corrected chi connectivity index (χ3v) is 7.71. The Morgan fingerprint density at radius 3 is 2.20 bits per heavy atom. The van der Waals surface area contributed by atoms with Crippen molar-refractivity contribution in [2.75, 3.05) is 10.6 Å².